The van der Waals surface area contributed by atoms with Gasteiger partial charge in [0.1, 0.15) is 5.83 Å². The molecule has 6 heteroatoms. The first-order valence-electron chi connectivity index (χ1n) is 8.92. The average Bonchev–Trinajstić information content (AvgIpc) is 3.09. The van der Waals surface area contributed by atoms with E-state index < -0.39 is 12.0 Å². The van der Waals surface area contributed by atoms with Crippen LogP contribution in [0.3, 0.4) is 0 Å². The van der Waals surface area contributed by atoms with E-state index in [1.165, 1.54) is 11.3 Å². The van der Waals surface area contributed by atoms with E-state index in [4.69, 9.17) is 4.74 Å². The number of halogens is 2. The van der Waals surface area contributed by atoms with E-state index in [2.05, 4.69) is 0 Å². The van der Waals surface area contributed by atoms with E-state index in [9.17, 15) is 13.6 Å². The molecule has 2 atom stereocenters. The molecule has 0 saturated heterocycles. The first-order valence-corrected chi connectivity index (χ1v) is 9.80. The summed E-state index contributed by atoms with van der Waals surface area (Å²) >= 11 is 1.38. The molecule has 0 aliphatic heterocycles. The molecule has 1 aliphatic rings. The Kier molecular flexibility index (Phi) is 7.56. The lowest BCUT2D eigenvalue weighted by Gasteiger charge is -2.22. The molecular formula is C19H27F2NO2S. The van der Waals surface area contributed by atoms with Gasteiger partial charge in [0.05, 0.1) is 11.8 Å². The molecule has 0 fully saturated rings. The number of carbonyl (C=O) groups excluding carboxylic acids is 1. The first kappa shape index (κ1) is 20.0. The van der Waals surface area contributed by atoms with Gasteiger partial charge in [-0.05, 0) is 45.1 Å². The monoisotopic (exact) mass is 371 g/mol. The fourth-order valence-corrected chi connectivity index (χ4v) is 3.98. The number of anilines is 1. The van der Waals surface area contributed by atoms with Crippen molar-refractivity contribution in [3.63, 3.8) is 0 Å². The Morgan fingerprint density at radius 2 is 2.28 bits per heavy atom. The van der Waals surface area contributed by atoms with E-state index in [1.54, 1.807) is 12.0 Å². The molecule has 0 bridgehead atoms. The van der Waals surface area contributed by atoms with Gasteiger partial charge in [-0.15, -0.1) is 11.3 Å². The third kappa shape index (κ3) is 5.11. The van der Waals surface area contributed by atoms with E-state index in [1.807, 2.05) is 25.3 Å². The SMILES string of the molecule is CCC(=O)N(CCCC(C)OC)c1csc(C2=C(F)C(F)CCC2)c1. The summed E-state index contributed by atoms with van der Waals surface area (Å²) < 4.78 is 33.0. The maximum absolute atomic E-state index is 14.1. The lowest BCUT2D eigenvalue weighted by atomic mass is 9.96. The van der Waals surface area contributed by atoms with Crippen molar-refractivity contribution in [2.45, 2.75) is 64.6 Å². The zero-order chi connectivity index (χ0) is 18.4. The van der Waals surface area contributed by atoms with Crippen LogP contribution in [0, 0.1) is 0 Å². The van der Waals surface area contributed by atoms with Gasteiger partial charge in [0.25, 0.3) is 0 Å². The van der Waals surface area contributed by atoms with Gasteiger partial charge in [0.2, 0.25) is 5.91 Å². The van der Waals surface area contributed by atoms with Gasteiger partial charge < -0.3 is 9.64 Å². The van der Waals surface area contributed by atoms with Crippen LogP contribution in [0.1, 0.15) is 57.2 Å². The van der Waals surface area contributed by atoms with Crippen molar-refractivity contribution in [3.8, 4) is 0 Å². The van der Waals surface area contributed by atoms with Crippen LogP contribution in [0.2, 0.25) is 0 Å². The van der Waals surface area contributed by atoms with Gasteiger partial charge in [0, 0.05) is 35.9 Å². The first-order chi connectivity index (χ1) is 12.0. The van der Waals surface area contributed by atoms with Crippen LogP contribution in [0.25, 0.3) is 5.57 Å². The smallest absolute Gasteiger partial charge is 0.226 e. The lowest BCUT2D eigenvalue weighted by molar-refractivity contribution is -0.118. The quantitative estimate of drug-likeness (QED) is 0.603. The number of ether oxygens (including phenoxy) is 1. The standard InChI is InChI=1S/C19H27F2NO2S/c1-4-18(23)22(10-6-7-13(2)24-3)14-11-17(25-12-14)15-8-5-9-16(20)19(15)21/h11-13,16H,4-10H2,1-3H3. The second kappa shape index (κ2) is 9.43. The molecule has 25 heavy (non-hydrogen) atoms. The highest BCUT2D eigenvalue weighted by molar-refractivity contribution is 7.11. The summed E-state index contributed by atoms with van der Waals surface area (Å²) in [7, 11) is 1.68. The molecule has 0 N–H and O–H groups in total. The molecule has 0 radical (unpaired) electrons. The summed E-state index contributed by atoms with van der Waals surface area (Å²) in [5.74, 6) is -0.599. The second-order valence-electron chi connectivity index (χ2n) is 6.44. The Labute approximate surface area is 152 Å². The predicted octanol–water partition coefficient (Wildman–Crippen LogP) is 5.51. The zero-order valence-corrected chi connectivity index (χ0v) is 16.0. The molecular weight excluding hydrogens is 344 g/mol. The third-order valence-electron chi connectivity index (χ3n) is 4.64. The molecule has 0 saturated carbocycles. The van der Waals surface area contributed by atoms with E-state index in [0.717, 1.165) is 23.4 Å². The van der Waals surface area contributed by atoms with Crippen LogP contribution < -0.4 is 4.90 Å². The number of rotatable bonds is 8. The number of carbonyl (C=O) groups is 1. The fraction of sp³-hybridized carbons (Fsp3) is 0.632. The number of amides is 1. The van der Waals surface area contributed by atoms with Gasteiger partial charge in [-0.2, -0.15) is 0 Å². The maximum atomic E-state index is 14.1. The van der Waals surface area contributed by atoms with E-state index in [-0.39, 0.29) is 18.4 Å². The van der Waals surface area contributed by atoms with Crippen molar-refractivity contribution in [3.05, 3.63) is 22.2 Å². The van der Waals surface area contributed by atoms with Crippen LogP contribution >= 0.6 is 11.3 Å². The second-order valence-corrected chi connectivity index (χ2v) is 7.35. The van der Waals surface area contributed by atoms with Crippen molar-refractivity contribution >= 4 is 28.5 Å². The molecule has 3 nitrogen and oxygen atoms in total. The summed E-state index contributed by atoms with van der Waals surface area (Å²) in [5.41, 5.74) is 1.24. The minimum Gasteiger partial charge on any atom is -0.382 e. The van der Waals surface area contributed by atoms with Gasteiger partial charge in [0.15, 0.2) is 6.17 Å². The average molecular weight is 371 g/mol. The van der Waals surface area contributed by atoms with Crippen molar-refractivity contribution < 1.29 is 18.3 Å². The number of methoxy groups -OCH3 is 1. The maximum Gasteiger partial charge on any atom is 0.226 e. The van der Waals surface area contributed by atoms with Crippen LogP contribution in [0.5, 0.6) is 0 Å². The minimum absolute atomic E-state index is 0.0379. The van der Waals surface area contributed by atoms with Crippen molar-refractivity contribution in [1.82, 2.24) is 0 Å². The van der Waals surface area contributed by atoms with Crippen molar-refractivity contribution in [2.24, 2.45) is 0 Å². The number of nitrogens with zero attached hydrogens (tertiary/aromatic N) is 1. The molecule has 0 spiro atoms. The molecule has 1 aromatic heterocycles. The third-order valence-corrected chi connectivity index (χ3v) is 5.62. The van der Waals surface area contributed by atoms with Gasteiger partial charge >= 0.3 is 0 Å². The van der Waals surface area contributed by atoms with E-state index in [0.29, 0.717) is 31.4 Å². The topological polar surface area (TPSA) is 29.5 Å². The summed E-state index contributed by atoms with van der Waals surface area (Å²) in [6.45, 7) is 4.43. The molecule has 140 valence electrons. The Balaban J connectivity index is 2.15. The normalized spacial score (nSPS) is 19.2. The number of hydrogen-bond acceptors (Lipinski definition) is 3. The molecule has 2 rings (SSSR count). The number of hydrogen-bond donors (Lipinski definition) is 0. The highest BCUT2D eigenvalue weighted by atomic mass is 32.1. The Bertz CT molecular complexity index is 614. The largest absolute Gasteiger partial charge is 0.382 e. The summed E-state index contributed by atoms with van der Waals surface area (Å²) in [4.78, 5) is 14.8. The molecule has 1 aliphatic carbocycles. The minimum atomic E-state index is -1.49. The van der Waals surface area contributed by atoms with E-state index >= 15 is 0 Å². The van der Waals surface area contributed by atoms with Crippen molar-refractivity contribution in [1.29, 1.82) is 0 Å². The Morgan fingerprint density at radius 1 is 1.52 bits per heavy atom. The lowest BCUT2D eigenvalue weighted by Crippen LogP contribution is -2.31. The number of alkyl halides is 1. The van der Waals surface area contributed by atoms with Crippen LogP contribution in [0.15, 0.2) is 17.3 Å². The Morgan fingerprint density at radius 3 is 2.96 bits per heavy atom. The highest BCUT2D eigenvalue weighted by Gasteiger charge is 2.25. The van der Waals surface area contributed by atoms with Crippen LogP contribution in [-0.2, 0) is 9.53 Å². The molecule has 1 heterocycles. The fourth-order valence-electron chi connectivity index (χ4n) is 3.00. The molecule has 0 aromatic carbocycles. The number of allylic oxidation sites excluding steroid dienone is 2. The molecule has 1 aromatic rings. The number of thiophene rings is 1. The molecule has 2 unspecified atom stereocenters. The van der Waals surface area contributed by atoms with Gasteiger partial charge in [-0.1, -0.05) is 6.92 Å². The summed E-state index contributed by atoms with van der Waals surface area (Å²) in [6.07, 6.45) is 2.24. The Hall–Kier alpha value is -1.27. The van der Waals surface area contributed by atoms with Crippen molar-refractivity contribution in [2.75, 3.05) is 18.6 Å². The molecule has 1 amide bonds. The summed E-state index contributed by atoms with van der Waals surface area (Å²) in [6, 6.07) is 1.82. The highest BCUT2D eigenvalue weighted by Crippen LogP contribution is 2.39. The summed E-state index contributed by atoms with van der Waals surface area (Å²) in [5, 5.41) is 1.87. The van der Waals surface area contributed by atoms with Crippen LogP contribution in [-0.4, -0.2) is 31.8 Å². The zero-order valence-electron chi connectivity index (χ0n) is 15.2. The van der Waals surface area contributed by atoms with Gasteiger partial charge in [-0.3, -0.25) is 4.79 Å². The van der Waals surface area contributed by atoms with Gasteiger partial charge in [-0.25, -0.2) is 8.78 Å². The predicted molar refractivity (Wildman–Crippen MR) is 99.4 cm³/mol. The van der Waals surface area contributed by atoms with Crippen LogP contribution in [0.4, 0.5) is 14.5 Å².